The summed E-state index contributed by atoms with van der Waals surface area (Å²) in [5, 5.41) is 0. The van der Waals surface area contributed by atoms with Crippen LogP contribution in [0.4, 0.5) is 0 Å². The zero-order valence-electron chi connectivity index (χ0n) is 8.63. The quantitative estimate of drug-likeness (QED) is 0.699. The van der Waals surface area contributed by atoms with Crippen molar-refractivity contribution in [2.24, 2.45) is 5.92 Å². The molecule has 1 aromatic carbocycles. The number of halogens is 2. The average molecular weight is 320 g/mol. The summed E-state index contributed by atoms with van der Waals surface area (Å²) in [5.74, 6) is 0.689. The molecule has 2 atom stereocenters. The average Bonchev–Trinajstić information content (AvgIpc) is 2.16. The highest BCUT2D eigenvalue weighted by Crippen LogP contribution is 2.22. The molecule has 0 bridgehead atoms. The highest BCUT2D eigenvalue weighted by molar-refractivity contribution is 9.10. The second-order valence-corrected chi connectivity index (χ2v) is 5.83. The van der Waals surface area contributed by atoms with E-state index >= 15 is 0 Å². The molecule has 0 aromatic heterocycles. The van der Waals surface area contributed by atoms with Gasteiger partial charge in [0, 0.05) is 9.30 Å². The molecule has 0 saturated heterocycles. The van der Waals surface area contributed by atoms with Crippen molar-refractivity contribution in [3.05, 3.63) is 34.3 Å². The van der Waals surface area contributed by atoms with Gasteiger partial charge < -0.3 is 0 Å². The lowest BCUT2D eigenvalue weighted by atomic mass is 9.97. The van der Waals surface area contributed by atoms with Crippen LogP contribution in [0.5, 0.6) is 0 Å². The van der Waals surface area contributed by atoms with Crippen LogP contribution in [0.25, 0.3) is 0 Å². The number of rotatable bonds is 4. The molecule has 0 amide bonds. The molecule has 78 valence electrons. The van der Waals surface area contributed by atoms with Crippen LogP contribution in [0.3, 0.4) is 0 Å². The van der Waals surface area contributed by atoms with Gasteiger partial charge in [0.15, 0.2) is 0 Å². The molecule has 0 spiro atoms. The molecule has 1 aromatic rings. The maximum atomic E-state index is 3.71. The zero-order chi connectivity index (χ0) is 10.6. The van der Waals surface area contributed by atoms with Crippen molar-refractivity contribution in [1.29, 1.82) is 0 Å². The monoisotopic (exact) mass is 318 g/mol. The molecule has 0 aliphatic carbocycles. The largest absolute Gasteiger partial charge is 0.0888 e. The first-order valence-corrected chi connectivity index (χ1v) is 6.73. The fraction of sp³-hybridized carbons (Fsp3) is 0.500. The Bertz CT molecular complexity index is 283. The molecular weight excluding hydrogens is 304 g/mol. The lowest BCUT2D eigenvalue weighted by Gasteiger charge is -2.16. The van der Waals surface area contributed by atoms with Crippen molar-refractivity contribution in [2.45, 2.75) is 31.5 Å². The van der Waals surface area contributed by atoms with E-state index in [0.29, 0.717) is 10.7 Å². The molecule has 0 fully saturated rings. The third-order valence-electron chi connectivity index (χ3n) is 2.45. The molecule has 2 unspecified atom stereocenters. The van der Waals surface area contributed by atoms with E-state index in [2.05, 4.69) is 70.0 Å². The van der Waals surface area contributed by atoms with Crippen molar-refractivity contribution in [1.82, 2.24) is 0 Å². The van der Waals surface area contributed by atoms with Gasteiger partial charge in [0.25, 0.3) is 0 Å². The third-order valence-corrected chi connectivity index (χ3v) is 4.50. The second kappa shape index (κ2) is 5.92. The number of alkyl halides is 1. The van der Waals surface area contributed by atoms with Gasteiger partial charge in [0.1, 0.15) is 0 Å². The van der Waals surface area contributed by atoms with E-state index in [1.165, 1.54) is 16.5 Å². The Kier molecular flexibility index (Phi) is 5.18. The van der Waals surface area contributed by atoms with E-state index in [9.17, 15) is 0 Å². The van der Waals surface area contributed by atoms with Gasteiger partial charge >= 0.3 is 0 Å². The summed E-state index contributed by atoms with van der Waals surface area (Å²) in [4.78, 5) is 0.626. The number of hydrogen-bond donors (Lipinski definition) is 0. The normalized spacial score (nSPS) is 15.1. The SMILES string of the molecule is CCC(Br)C(C)Cc1cccc(Br)c1. The van der Waals surface area contributed by atoms with Gasteiger partial charge in [-0.15, -0.1) is 0 Å². The molecule has 0 N–H and O–H groups in total. The van der Waals surface area contributed by atoms with Gasteiger partial charge in [-0.1, -0.05) is 57.8 Å². The summed E-state index contributed by atoms with van der Waals surface area (Å²) in [7, 11) is 0. The van der Waals surface area contributed by atoms with E-state index in [1.54, 1.807) is 0 Å². The lowest BCUT2D eigenvalue weighted by molar-refractivity contribution is 0.545. The zero-order valence-corrected chi connectivity index (χ0v) is 11.8. The first-order valence-electron chi connectivity index (χ1n) is 5.02. The van der Waals surface area contributed by atoms with Gasteiger partial charge in [-0.3, -0.25) is 0 Å². The van der Waals surface area contributed by atoms with Crippen LogP contribution in [0.15, 0.2) is 28.7 Å². The summed E-state index contributed by atoms with van der Waals surface area (Å²) in [6.07, 6.45) is 2.33. The predicted molar refractivity (Wildman–Crippen MR) is 70.0 cm³/mol. The maximum absolute atomic E-state index is 3.71. The minimum Gasteiger partial charge on any atom is -0.0888 e. The van der Waals surface area contributed by atoms with Gasteiger partial charge in [-0.2, -0.15) is 0 Å². The van der Waals surface area contributed by atoms with Crippen LogP contribution < -0.4 is 0 Å². The first kappa shape index (κ1) is 12.3. The van der Waals surface area contributed by atoms with Gasteiger partial charge in [0.2, 0.25) is 0 Å². The number of benzene rings is 1. The summed E-state index contributed by atoms with van der Waals surface area (Å²) in [6, 6.07) is 8.56. The minimum atomic E-state index is 0.626. The van der Waals surface area contributed by atoms with Crippen LogP contribution in [0, 0.1) is 5.92 Å². The number of hydrogen-bond acceptors (Lipinski definition) is 0. The fourth-order valence-corrected chi connectivity index (χ4v) is 2.20. The maximum Gasteiger partial charge on any atom is 0.0177 e. The molecule has 0 radical (unpaired) electrons. The van der Waals surface area contributed by atoms with Crippen LogP contribution in [0.1, 0.15) is 25.8 Å². The smallest absolute Gasteiger partial charge is 0.0177 e. The molecule has 0 nitrogen and oxygen atoms in total. The fourth-order valence-electron chi connectivity index (χ4n) is 1.57. The Morgan fingerprint density at radius 1 is 1.36 bits per heavy atom. The standard InChI is InChI=1S/C12H16Br2/c1-3-12(14)9(2)7-10-5-4-6-11(13)8-10/h4-6,8-9,12H,3,7H2,1-2H3. The van der Waals surface area contributed by atoms with E-state index in [0.717, 1.165) is 6.42 Å². The van der Waals surface area contributed by atoms with E-state index < -0.39 is 0 Å². The van der Waals surface area contributed by atoms with Crippen LogP contribution in [0.2, 0.25) is 0 Å². The van der Waals surface area contributed by atoms with E-state index in [-0.39, 0.29) is 0 Å². The Morgan fingerprint density at radius 2 is 2.07 bits per heavy atom. The van der Waals surface area contributed by atoms with Crippen LogP contribution in [-0.4, -0.2) is 4.83 Å². The van der Waals surface area contributed by atoms with E-state index in [1.807, 2.05) is 0 Å². The molecule has 2 heteroatoms. The van der Waals surface area contributed by atoms with Crippen molar-refractivity contribution in [3.8, 4) is 0 Å². The lowest BCUT2D eigenvalue weighted by Crippen LogP contribution is -2.12. The highest BCUT2D eigenvalue weighted by Gasteiger charge is 2.12. The summed E-state index contributed by atoms with van der Waals surface area (Å²) >= 11 is 7.20. The molecule has 0 aliphatic heterocycles. The summed E-state index contributed by atoms with van der Waals surface area (Å²) in [5.41, 5.74) is 1.41. The molecule has 0 heterocycles. The van der Waals surface area contributed by atoms with Gasteiger partial charge in [-0.05, 0) is 36.5 Å². The summed E-state index contributed by atoms with van der Waals surface area (Å²) in [6.45, 7) is 4.51. The van der Waals surface area contributed by atoms with Crippen LogP contribution in [-0.2, 0) is 6.42 Å². The molecule has 14 heavy (non-hydrogen) atoms. The third kappa shape index (κ3) is 3.74. The van der Waals surface area contributed by atoms with Gasteiger partial charge in [-0.25, -0.2) is 0 Å². The topological polar surface area (TPSA) is 0 Å². The Balaban J connectivity index is 2.60. The first-order chi connectivity index (χ1) is 6.63. The Morgan fingerprint density at radius 3 is 2.64 bits per heavy atom. The Labute approximate surface area is 103 Å². The molecule has 1 rings (SSSR count). The summed E-state index contributed by atoms with van der Waals surface area (Å²) < 4.78 is 1.17. The van der Waals surface area contributed by atoms with Crippen molar-refractivity contribution in [3.63, 3.8) is 0 Å². The predicted octanol–water partition coefficient (Wildman–Crippen LogP) is 4.80. The van der Waals surface area contributed by atoms with Crippen molar-refractivity contribution >= 4 is 31.9 Å². The molecule has 0 saturated carbocycles. The Hall–Kier alpha value is 0.180. The van der Waals surface area contributed by atoms with Crippen LogP contribution >= 0.6 is 31.9 Å². The van der Waals surface area contributed by atoms with Gasteiger partial charge in [0.05, 0.1) is 0 Å². The highest BCUT2D eigenvalue weighted by atomic mass is 79.9. The second-order valence-electron chi connectivity index (χ2n) is 3.74. The van der Waals surface area contributed by atoms with E-state index in [4.69, 9.17) is 0 Å². The molecular formula is C12H16Br2. The minimum absolute atomic E-state index is 0.626. The molecule has 0 aliphatic rings. The van der Waals surface area contributed by atoms with Crippen molar-refractivity contribution < 1.29 is 0 Å². The van der Waals surface area contributed by atoms with Crippen molar-refractivity contribution in [2.75, 3.05) is 0 Å².